The zero-order valence-corrected chi connectivity index (χ0v) is 19.3. The van der Waals surface area contributed by atoms with Crippen molar-refractivity contribution < 1.29 is 27.9 Å². The lowest BCUT2D eigenvalue weighted by Gasteiger charge is -2.42. The molecule has 5 N–H and O–H groups in total. The molecule has 1 aromatic heterocycles. The number of nitrogens with two attached hydrogens (primary N) is 2. The van der Waals surface area contributed by atoms with Crippen molar-refractivity contribution in [3.63, 3.8) is 0 Å². The number of hydrogen-bond donors (Lipinski definition) is 3. The van der Waals surface area contributed by atoms with Crippen molar-refractivity contribution in [1.82, 2.24) is 14.9 Å². The minimum atomic E-state index is -5.34. The highest BCUT2D eigenvalue weighted by Crippen LogP contribution is 2.40. The van der Waals surface area contributed by atoms with Gasteiger partial charge >= 0.3 is 6.18 Å². The summed E-state index contributed by atoms with van der Waals surface area (Å²) in [5.74, 6) is -1.81. The van der Waals surface area contributed by atoms with Gasteiger partial charge in [0.1, 0.15) is 0 Å². The molecule has 2 amide bonds. The summed E-state index contributed by atoms with van der Waals surface area (Å²) in [4.78, 5) is 36.3. The molecular weight excluding hydrogens is 453 g/mol. The lowest BCUT2D eigenvalue weighted by atomic mass is 9.89. The Hall–Kier alpha value is -3.41. The van der Waals surface area contributed by atoms with E-state index in [0.717, 1.165) is 12.1 Å². The molecule has 1 unspecified atom stereocenters. The van der Waals surface area contributed by atoms with Gasteiger partial charge in [-0.05, 0) is 39.3 Å². The maximum absolute atomic E-state index is 13.5. The third-order valence-electron chi connectivity index (χ3n) is 5.81. The monoisotopic (exact) mass is 480 g/mol. The number of hydrogen-bond acceptors (Lipinski definition) is 7. The quantitative estimate of drug-likeness (QED) is 0.606. The SMILES string of the molecule is Cc1ccc(C(O)(C(N)=O)C(F)(F)F)cc1-c1cnc(N)c(N2CCN(C(C)(C)C)C(=O)C2)n1. The summed E-state index contributed by atoms with van der Waals surface area (Å²) in [5, 5.41) is 10.2. The van der Waals surface area contributed by atoms with Gasteiger partial charge in [0.15, 0.2) is 11.6 Å². The molecule has 1 aromatic carbocycles. The minimum Gasteiger partial charge on any atom is -0.381 e. The average molecular weight is 480 g/mol. The Morgan fingerprint density at radius 1 is 1.18 bits per heavy atom. The number of aromatic nitrogens is 2. The van der Waals surface area contributed by atoms with Crippen LogP contribution in [0.1, 0.15) is 31.9 Å². The molecule has 1 atom stereocenters. The number of rotatable bonds is 4. The van der Waals surface area contributed by atoms with Crippen LogP contribution in [0, 0.1) is 6.92 Å². The Morgan fingerprint density at radius 3 is 2.35 bits per heavy atom. The Balaban J connectivity index is 2.03. The van der Waals surface area contributed by atoms with Crippen LogP contribution in [-0.2, 0) is 15.2 Å². The first kappa shape index (κ1) is 25.2. The van der Waals surface area contributed by atoms with E-state index in [4.69, 9.17) is 11.5 Å². The van der Waals surface area contributed by atoms with E-state index >= 15 is 0 Å². The highest BCUT2D eigenvalue weighted by Gasteiger charge is 2.60. The smallest absolute Gasteiger partial charge is 0.381 e. The van der Waals surface area contributed by atoms with Crippen LogP contribution >= 0.6 is 0 Å². The minimum absolute atomic E-state index is 0.00806. The molecule has 1 aliphatic heterocycles. The van der Waals surface area contributed by atoms with Crippen molar-refractivity contribution in [2.24, 2.45) is 5.73 Å². The molecule has 12 heteroatoms. The first-order valence-corrected chi connectivity index (χ1v) is 10.5. The Kier molecular flexibility index (Phi) is 6.25. The van der Waals surface area contributed by atoms with Crippen LogP contribution in [0.4, 0.5) is 24.8 Å². The number of aryl methyl sites for hydroxylation is 1. The van der Waals surface area contributed by atoms with Crippen LogP contribution in [0.15, 0.2) is 24.4 Å². The van der Waals surface area contributed by atoms with Gasteiger partial charge in [0.2, 0.25) is 5.91 Å². The third-order valence-corrected chi connectivity index (χ3v) is 5.81. The van der Waals surface area contributed by atoms with Gasteiger partial charge in [-0.1, -0.05) is 12.1 Å². The highest BCUT2D eigenvalue weighted by atomic mass is 19.4. The summed E-state index contributed by atoms with van der Waals surface area (Å²) >= 11 is 0. The summed E-state index contributed by atoms with van der Waals surface area (Å²) in [5.41, 5.74) is 6.80. The second-order valence-corrected chi connectivity index (χ2v) is 9.20. The summed E-state index contributed by atoms with van der Waals surface area (Å²) in [6.45, 7) is 8.28. The lowest BCUT2D eigenvalue weighted by molar-refractivity contribution is -0.255. The van der Waals surface area contributed by atoms with Gasteiger partial charge in [-0.15, -0.1) is 0 Å². The number of piperazine rings is 1. The predicted molar refractivity (Wildman–Crippen MR) is 119 cm³/mol. The molecular formula is C22H27F3N6O3. The molecule has 0 saturated carbocycles. The maximum Gasteiger partial charge on any atom is 0.430 e. The van der Waals surface area contributed by atoms with Gasteiger partial charge in [-0.25, -0.2) is 9.97 Å². The molecule has 0 aliphatic carbocycles. The molecule has 0 bridgehead atoms. The van der Waals surface area contributed by atoms with E-state index in [0.29, 0.717) is 18.7 Å². The van der Waals surface area contributed by atoms with Crippen LogP contribution in [0.5, 0.6) is 0 Å². The molecule has 2 aromatic rings. The number of alkyl halides is 3. The fourth-order valence-electron chi connectivity index (χ4n) is 3.88. The van der Waals surface area contributed by atoms with E-state index in [1.807, 2.05) is 20.8 Å². The molecule has 9 nitrogen and oxygen atoms in total. The lowest BCUT2D eigenvalue weighted by Crippen LogP contribution is -2.57. The predicted octanol–water partition coefficient (Wildman–Crippen LogP) is 1.72. The number of amides is 2. The van der Waals surface area contributed by atoms with E-state index < -0.39 is 23.2 Å². The molecule has 2 heterocycles. The van der Waals surface area contributed by atoms with Gasteiger partial charge in [-0.3, -0.25) is 9.59 Å². The molecule has 0 spiro atoms. The van der Waals surface area contributed by atoms with Crippen molar-refractivity contribution >= 4 is 23.5 Å². The van der Waals surface area contributed by atoms with Crippen molar-refractivity contribution in [2.45, 2.75) is 45.0 Å². The number of carbonyl (C=O) groups excluding carboxylic acids is 2. The summed E-state index contributed by atoms with van der Waals surface area (Å²) < 4.78 is 40.6. The normalized spacial score (nSPS) is 17.0. The number of anilines is 2. The standard InChI is InChI=1S/C22H27F3N6O3/c1-12-5-6-13(21(34,19(27)33)22(23,24)25)9-14(12)15-10-28-17(26)18(29-15)30-7-8-31(16(32)11-30)20(2,3)4/h5-6,9-10,34H,7-8,11H2,1-4H3,(H2,26,28)(H2,27,33). The number of aliphatic hydroxyl groups is 1. The molecule has 1 aliphatic rings. The highest BCUT2D eigenvalue weighted by molar-refractivity contribution is 5.87. The molecule has 3 rings (SSSR count). The number of carbonyl (C=O) groups is 2. The molecule has 34 heavy (non-hydrogen) atoms. The topological polar surface area (TPSA) is 139 Å². The van der Waals surface area contributed by atoms with Crippen molar-refractivity contribution in [3.8, 4) is 11.3 Å². The number of benzene rings is 1. The summed E-state index contributed by atoms with van der Waals surface area (Å²) in [6, 6.07) is 3.29. The zero-order valence-electron chi connectivity index (χ0n) is 19.3. The maximum atomic E-state index is 13.5. The average Bonchev–Trinajstić information content (AvgIpc) is 2.72. The van der Waals surface area contributed by atoms with E-state index in [-0.39, 0.29) is 40.9 Å². The Bertz CT molecular complexity index is 1130. The van der Waals surface area contributed by atoms with Crippen molar-refractivity contribution in [3.05, 3.63) is 35.5 Å². The molecule has 184 valence electrons. The molecule has 1 fully saturated rings. The first-order valence-electron chi connectivity index (χ1n) is 10.5. The zero-order chi connectivity index (χ0) is 25.6. The summed E-state index contributed by atoms with van der Waals surface area (Å²) in [7, 11) is 0. The van der Waals surface area contributed by atoms with Gasteiger partial charge in [0, 0.05) is 29.8 Å². The Morgan fingerprint density at radius 2 is 1.82 bits per heavy atom. The van der Waals surface area contributed by atoms with E-state index in [2.05, 4.69) is 9.97 Å². The number of halogens is 3. The Labute approximate surface area is 194 Å². The molecule has 1 saturated heterocycles. The van der Waals surface area contributed by atoms with Crippen LogP contribution in [-0.4, -0.2) is 63.1 Å². The van der Waals surface area contributed by atoms with Crippen LogP contribution in [0.3, 0.4) is 0 Å². The van der Waals surface area contributed by atoms with E-state index in [1.54, 1.807) is 16.7 Å². The van der Waals surface area contributed by atoms with Crippen LogP contribution in [0.25, 0.3) is 11.3 Å². The van der Waals surface area contributed by atoms with Crippen molar-refractivity contribution in [1.29, 1.82) is 0 Å². The largest absolute Gasteiger partial charge is 0.430 e. The second-order valence-electron chi connectivity index (χ2n) is 9.20. The van der Waals surface area contributed by atoms with Crippen LogP contribution < -0.4 is 16.4 Å². The van der Waals surface area contributed by atoms with E-state index in [9.17, 15) is 27.9 Å². The fraction of sp³-hybridized carbons (Fsp3) is 0.455. The van der Waals surface area contributed by atoms with Crippen molar-refractivity contribution in [2.75, 3.05) is 30.3 Å². The van der Waals surface area contributed by atoms with Crippen LogP contribution in [0.2, 0.25) is 0 Å². The third kappa shape index (κ3) is 4.37. The first-order chi connectivity index (χ1) is 15.6. The van der Waals surface area contributed by atoms with Gasteiger partial charge < -0.3 is 26.4 Å². The number of nitrogens with zero attached hydrogens (tertiary/aromatic N) is 4. The number of primary amides is 1. The fourth-order valence-corrected chi connectivity index (χ4v) is 3.88. The van der Waals surface area contributed by atoms with Gasteiger partial charge in [0.05, 0.1) is 18.4 Å². The summed E-state index contributed by atoms with van der Waals surface area (Å²) in [6.07, 6.45) is -4.06. The van der Waals surface area contributed by atoms with Gasteiger partial charge in [0.25, 0.3) is 11.5 Å². The van der Waals surface area contributed by atoms with E-state index in [1.165, 1.54) is 12.3 Å². The van der Waals surface area contributed by atoms with Gasteiger partial charge in [-0.2, -0.15) is 13.2 Å². The molecule has 0 radical (unpaired) electrons. The second kappa shape index (κ2) is 8.42. The number of nitrogen functional groups attached to an aromatic ring is 1.